The molecule has 3 nitrogen and oxygen atoms in total. The molecule has 1 saturated heterocycles. The smallest absolute Gasteiger partial charge is 0.252 e. The summed E-state index contributed by atoms with van der Waals surface area (Å²) < 4.78 is 13.2. The van der Waals surface area contributed by atoms with Crippen LogP contribution in [0.25, 0.3) is 0 Å². The molecule has 1 aromatic rings. The largest absolute Gasteiger partial charge is 0.352 e. The molecule has 0 spiro atoms. The van der Waals surface area contributed by atoms with Gasteiger partial charge in [-0.2, -0.15) is 0 Å². The summed E-state index contributed by atoms with van der Waals surface area (Å²) >= 11 is 5.75. The van der Waals surface area contributed by atoms with E-state index in [9.17, 15) is 9.18 Å². The summed E-state index contributed by atoms with van der Waals surface area (Å²) in [7, 11) is 0. The number of rotatable bonds is 4. The van der Waals surface area contributed by atoms with Crippen molar-refractivity contribution in [3.8, 4) is 0 Å². The van der Waals surface area contributed by atoms with Gasteiger partial charge in [-0.3, -0.25) is 4.79 Å². The van der Waals surface area contributed by atoms with Crippen molar-refractivity contribution in [2.24, 2.45) is 5.92 Å². The van der Waals surface area contributed by atoms with E-state index in [4.69, 9.17) is 11.6 Å². The molecule has 98 valence electrons. The Hall–Kier alpha value is -1.13. The van der Waals surface area contributed by atoms with Crippen molar-refractivity contribution in [2.75, 3.05) is 19.6 Å². The molecule has 2 rings (SSSR count). The monoisotopic (exact) mass is 270 g/mol. The molecule has 0 bridgehead atoms. The number of amides is 1. The quantitative estimate of drug-likeness (QED) is 0.881. The minimum Gasteiger partial charge on any atom is -0.352 e. The van der Waals surface area contributed by atoms with Gasteiger partial charge in [-0.1, -0.05) is 17.7 Å². The van der Waals surface area contributed by atoms with Gasteiger partial charge in [-0.15, -0.1) is 0 Å². The Morgan fingerprint density at radius 1 is 1.56 bits per heavy atom. The molecule has 1 aliphatic rings. The maximum absolute atomic E-state index is 13.2. The van der Waals surface area contributed by atoms with Crippen LogP contribution in [0.3, 0.4) is 0 Å². The second-order valence-electron chi connectivity index (χ2n) is 4.50. The third-order valence-electron chi connectivity index (χ3n) is 3.20. The summed E-state index contributed by atoms with van der Waals surface area (Å²) in [5.74, 6) is -0.261. The fourth-order valence-corrected chi connectivity index (χ4v) is 2.34. The molecule has 1 unspecified atom stereocenters. The molecule has 1 fully saturated rings. The lowest BCUT2D eigenvalue weighted by Crippen LogP contribution is -2.26. The van der Waals surface area contributed by atoms with E-state index in [1.54, 1.807) is 0 Å². The molecule has 1 atom stereocenters. The van der Waals surface area contributed by atoms with Crippen LogP contribution in [0.4, 0.5) is 4.39 Å². The SMILES string of the molecule is O=C(NCCC1CCNC1)c1cccc(F)c1Cl. The van der Waals surface area contributed by atoms with E-state index in [1.165, 1.54) is 18.2 Å². The first-order chi connectivity index (χ1) is 8.68. The average molecular weight is 271 g/mol. The Labute approximate surface area is 111 Å². The van der Waals surface area contributed by atoms with E-state index in [1.807, 2.05) is 0 Å². The number of benzene rings is 1. The molecule has 0 saturated carbocycles. The third-order valence-corrected chi connectivity index (χ3v) is 3.58. The lowest BCUT2D eigenvalue weighted by atomic mass is 10.1. The highest BCUT2D eigenvalue weighted by molar-refractivity contribution is 6.34. The van der Waals surface area contributed by atoms with Gasteiger partial charge < -0.3 is 10.6 Å². The maximum atomic E-state index is 13.2. The highest BCUT2D eigenvalue weighted by Gasteiger charge is 2.16. The van der Waals surface area contributed by atoms with Crippen LogP contribution in [0.2, 0.25) is 5.02 Å². The van der Waals surface area contributed by atoms with Gasteiger partial charge >= 0.3 is 0 Å². The van der Waals surface area contributed by atoms with Crippen LogP contribution in [0, 0.1) is 11.7 Å². The minimum atomic E-state index is -0.565. The van der Waals surface area contributed by atoms with E-state index in [2.05, 4.69) is 10.6 Å². The van der Waals surface area contributed by atoms with Gasteiger partial charge in [0.15, 0.2) is 0 Å². The Morgan fingerprint density at radius 3 is 3.11 bits per heavy atom. The normalized spacial score (nSPS) is 18.9. The number of hydrogen-bond acceptors (Lipinski definition) is 2. The Kier molecular flexibility index (Phi) is 4.55. The molecule has 0 radical (unpaired) electrons. The fourth-order valence-electron chi connectivity index (χ4n) is 2.13. The highest BCUT2D eigenvalue weighted by atomic mass is 35.5. The minimum absolute atomic E-state index is 0.113. The fraction of sp³-hybridized carbons (Fsp3) is 0.462. The van der Waals surface area contributed by atoms with E-state index in [0.717, 1.165) is 25.9 Å². The zero-order valence-corrected chi connectivity index (χ0v) is 10.8. The Bertz CT molecular complexity index is 433. The summed E-state index contributed by atoms with van der Waals surface area (Å²) in [6.07, 6.45) is 2.09. The van der Waals surface area contributed by atoms with Crippen molar-refractivity contribution in [1.29, 1.82) is 0 Å². The predicted molar refractivity (Wildman–Crippen MR) is 69.3 cm³/mol. The van der Waals surface area contributed by atoms with Crippen molar-refractivity contribution >= 4 is 17.5 Å². The third kappa shape index (κ3) is 3.21. The molecular weight excluding hydrogens is 255 g/mol. The molecule has 1 aliphatic heterocycles. The molecule has 1 heterocycles. The van der Waals surface area contributed by atoms with Crippen molar-refractivity contribution in [2.45, 2.75) is 12.8 Å². The van der Waals surface area contributed by atoms with E-state index < -0.39 is 5.82 Å². The van der Waals surface area contributed by atoms with Crippen molar-refractivity contribution < 1.29 is 9.18 Å². The predicted octanol–water partition coefficient (Wildman–Crippen LogP) is 2.21. The second kappa shape index (κ2) is 6.16. The van der Waals surface area contributed by atoms with Crippen LogP contribution in [0.5, 0.6) is 0 Å². The molecular formula is C13H16ClFN2O. The second-order valence-corrected chi connectivity index (χ2v) is 4.88. The van der Waals surface area contributed by atoms with Crippen molar-refractivity contribution in [3.63, 3.8) is 0 Å². The number of halogens is 2. The van der Waals surface area contributed by atoms with Crippen molar-refractivity contribution in [1.82, 2.24) is 10.6 Å². The maximum Gasteiger partial charge on any atom is 0.252 e. The molecule has 1 amide bonds. The van der Waals surface area contributed by atoms with Gasteiger partial charge in [0.25, 0.3) is 5.91 Å². The molecule has 1 aromatic carbocycles. The number of carbonyl (C=O) groups is 1. The van der Waals surface area contributed by atoms with Gasteiger partial charge in [-0.05, 0) is 44.0 Å². The van der Waals surface area contributed by atoms with Crippen molar-refractivity contribution in [3.05, 3.63) is 34.6 Å². The van der Waals surface area contributed by atoms with Crippen LogP contribution in [0.15, 0.2) is 18.2 Å². The van der Waals surface area contributed by atoms with Gasteiger partial charge in [0.2, 0.25) is 0 Å². The zero-order valence-electron chi connectivity index (χ0n) is 10.0. The Balaban J connectivity index is 1.85. The first-order valence-electron chi connectivity index (χ1n) is 6.11. The first-order valence-corrected chi connectivity index (χ1v) is 6.49. The highest BCUT2D eigenvalue weighted by Crippen LogP contribution is 2.19. The number of carbonyl (C=O) groups excluding carboxylic acids is 1. The summed E-state index contributed by atoms with van der Waals surface area (Å²) in [6, 6.07) is 4.25. The number of hydrogen-bond donors (Lipinski definition) is 2. The van der Waals surface area contributed by atoms with E-state index in [0.29, 0.717) is 12.5 Å². The number of nitrogens with one attached hydrogen (secondary N) is 2. The standard InChI is InChI=1S/C13H16ClFN2O/c14-12-10(2-1-3-11(12)15)13(18)17-7-5-9-4-6-16-8-9/h1-3,9,16H,4-8H2,(H,17,18). The topological polar surface area (TPSA) is 41.1 Å². The molecule has 5 heteroatoms. The van der Waals surface area contributed by atoms with Crippen LogP contribution in [-0.4, -0.2) is 25.5 Å². The van der Waals surface area contributed by atoms with Gasteiger partial charge in [-0.25, -0.2) is 4.39 Å². The van der Waals surface area contributed by atoms with E-state index >= 15 is 0 Å². The van der Waals surface area contributed by atoms with E-state index in [-0.39, 0.29) is 16.5 Å². The zero-order chi connectivity index (χ0) is 13.0. The lowest BCUT2D eigenvalue weighted by molar-refractivity contribution is 0.0951. The first kappa shape index (κ1) is 13.3. The summed E-state index contributed by atoms with van der Waals surface area (Å²) in [6.45, 7) is 2.66. The average Bonchev–Trinajstić information content (AvgIpc) is 2.85. The summed E-state index contributed by atoms with van der Waals surface area (Å²) in [5, 5.41) is 5.94. The molecule has 18 heavy (non-hydrogen) atoms. The molecule has 2 N–H and O–H groups in total. The van der Waals surface area contributed by atoms with Crippen LogP contribution >= 0.6 is 11.6 Å². The molecule has 0 aromatic heterocycles. The Morgan fingerprint density at radius 2 is 2.39 bits per heavy atom. The summed E-state index contributed by atoms with van der Waals surface area (Å²) in [4.78, 5) is 11.8. The summed E-state index contributed by atoms with van der Waals surface area (Å²) in [5.41, 5.74) is 0.196. The van der Waals surface area contributed by atoms with Gasteiger partial charge in [0.1, 0.15) is 5.82 Å². The van der Waals surface area contributed by atoms with Crippen LogP contribution in [-0.2, 0) is 0 Å². The van der Waals surface area contributed by atoms with Crippen LogP contribution in [0.1, 0.15) is 23.2 Å². The lowest BCUT2D eigenvalue weighted by Gasteiger charge is -2.10. The van der Waals surface area contributed by atoms with Crippen LogP contribution < -0.4 is 10.6 Å². The van der Waals surface area contributed by atoms with Gasteiger partial charge in [0.05, 0.1) is 10.6 Å². The molecule has 0 aliphatic carbocycles. The van der Waals surface area contributed by atoms with Gasteiger partial charge in [0, 0.05) is 6.54 Å².